The summed E-state index contributed by atoms with van der Waals surface area (Å²) in [6.45, 7) is 1.44. The zero-order chi connectivity index (χ0) is 17.2. The van der Waals surface area contributed by atoms with Crippen molar-refractivity contribution in [3.63, 3.8) is 0 Å². The van der Waals surface area contributed by atoms with E-state index in [1.165, 1.54) is 6.07 Å². The molecule has 0 unspecified atom stereocenters. The molecule has 2 fully saturated rings. The van der Waals surface area contributed by atoms with Gasteiger partial charge in [-0.3, -0.25) is 0 Å². The van der Waals surface area contributed by atoms with Gasteiger partial charge in [0.2, 0.25) is 0 Å². The van der Waals surface area contributed by atoms with Crippen molar-refractivity contribution in [3.05, 3.63) is 29.6 Å². The van der Waals surface area contributed by atoms with Gasteiger partial charge in [-0.15, -0.1) is 13.2 Å². The molecule has 1 saturated carbocycles. The number of hydrogen-bond donors (Lipinski definition) is 0. The van der Waals surface area contributed by atoms with Gasteiger partial charge in [-0.25, -0.2) is 4.39 Å². The fourth-order valence-electron chi connectivity index (χ4n) is 3.48. The molecule has 1 aliphatic carbocycles. The Kier molecular flexibility index (Phi) is 5.30. The lowest BCUT2D eigenvalue weighted by molar-refractivity contribution is -0.275. The van der Waals surface area contributed by atoms with Gasteiger partial charge in [0.15, 0.2) is 17.9 Å². The monoisotopic (exact) mass is 348 g/mol. The summed E-state index contributed by atoms with van der Waals surface area (Å²) in [5.41, 5.74) is 0.714. The van der Waals surface area contributed by atoms with E-state index in [0.29, 0.717) is 11.5 Å². The lowest BCUT2D eigenvalue weighted by atomic mass is 9.78. The van der Waals surface area contributed by atoms with Crippen molar-refractivity contribution < 1.29 is 31.8 Å². The van der Waals surface area contributed by atoms with Crippen LogP contribution in [0.25, 0.3) is 0 Å². The quantitative estimate of drug-likeness (QED) is 0.737. The highest BCUT2D eigenvalue weighted by molar-refractivity contribution is 5.31. The maximum absolute atomic E-state index is 13.8. The van der Waals surface area contributed by atoms with Gasteiger partial charge in [0.05, 0.1) is 13.2 Å². The second kappa shape index (κ2) is 7.27. The average molecular weight is 348 g/mol. The van der Waals surface area contributed by atoms with Crippen LogP contribution >= 0.6 is 0 Å². The highest BCUT2D eigenvalue weighted by Crippen LogP contribution is 2.39. The van der Waals surface area contributed by atoms with Crippen LogP contribution in [0.1, 0.15) is 43.6 Å². The van der Waals surface area contributed by atoms with Crippen LogP contribution in [0.4, 0.5) is 17.6 Å². The zero-order valence-corrected chi connectivity index (χ0v) is 13.2. The molecule has 134 valence electrons. The molecule has 2 aliphatic rings. The average Bonchev–Trinajstić information content (AvgIpc) is 2.57. The van der Waals surface area contributed by atoms with Gasteiger partial charge in [-0.1, -0.05) is 6.07 Å². The lowest BCUT2D eigenvalue weighted by Crippen LogP contribution is -2.34. The summed E-state index contributed by atoms with van der Waals surface area (Å²) in [6, 6.07) is 3.72. The van der Waals surface area contributed by atoms with Gasteiger partial charge in [0.25, 0.3) is 0 Å². The van der Waals surface area contributed by atoms with Crippen molar-refractivity contribution in [1.82, 2.24) is 0 Å². The second-order valence-electron chi connectivity index (χ2n) is 6.31. The van der Waals surface area contributed by atoms with Crippen LogP contribution in [0.2, 0.25) is 0 Å². The van der Waals surface area contributed by atoms with E-state index in [1.54, 1.807) is 0 Å². The van der Waals surface area contributed by atoms with E-state index in [-0.39, 0.29) is 12.2 Å². The molecule has 0 spiro atoms. The van der Waals surface area contributed by atoms with Gasteiger partial charge < -0.3 is 14.2 Å². The van der Waals surface area contributed by atoms with E-state index in [9.17, 15) is 17.6 Å². The molecule has 1 aromatic rings. The Morgan fingerprint density at radius 3 is 2.25 bits per heavy atom. The van der Waals surface area contributed by atoms with Crippen molar-refractivity contribution in [1.29, 1.82) is 0 Å². The summed E-state index contributed by atoms with van der Waals surface area (Å²) >= 11 is 0. The van der Waals surface area contributed by atoms with Gasteiger partial charge >= 0.3 is 6.36 Å². The Morgan fingerprint density at radius 2 is 1.67 bits per heavy atom. The van der Waals surface area contributed by atoms with Gasteiger partial charge in [-0.05, 0) is 55.7 Å². The van der Waals surface area contributed by atoms with E-state index in [1.807, 2.05) is 0 Å². The molecule has 3 nitrogen and oxygen atoms in total. The van der Waals surface area contributed by atoms with Crippen molar-refractivity contribution >= 4 is 0 Å². The third-order valence-corrected chi connectivity index (χ3v) is 4.66. The summed E-state index contributed by atoms with van der Waals surface area (Å²) in [7, 11) is 0. The van der Waals surface area contributed by atoms with E-state index in [4.69, 9.17) is 9.47 Å². The molecule has 0 amide bonds. The van der Waals surface area contributed by atoms with Crippen LogP contribution in [0.3, 0.4) is 0 Å². The van der Waals surface area contributed by atoms with Crippen molar-refractivity contribution in [3.8, 4) is 5.75 Å². The number of benzene rings is 1. The zero-order valence-electron chi connectivity index (χ0n) is 13.2. The topological polar surface area (TPSA) is 27.7 Å². The molecule has 0 atom stereocenters. The molecule has 1 aromatic carbocycles. The normalized spacial score (nSPS) is 26.3. The fraction of sp³-hybridized carbons (Fsp3) is 0.647. The van der Waals surface area contributed by atoms with Gasteiger partial charge in [0, 0.05) is 5.92 Å². The first kappa shape index (κ1) is 17.5. The smallest absolute Gasteiger partial charge is 0.403 e. The first-order valence-corrected chi connectivity index (χ1v) is 8.21. The molecule has 1 heterocycles. The molecular formula is C17H20F4O3. The Balaban J connectivity index is 1.59. The van der Waals surface area contributed by atoms with Gasteiger partial charge in [0.1, 0.15) is 0 Å². The van der Waals surface area contributed by atoms with Crippen molar-refractivity contribution in [2.75, 3.05) is 13.2 Å². The third-order valence-electron chi connectivity index (χ3n) is 4.66. The summed E-state index contributed by atoms with van der Waals surface area (Å²) in [6.07, 6.45) is -0.647. The Labute approximate surface area is 137 Å². The fourth-order valence-corrected chi connectivity index (χ4v) is 3.48. The molecule has 24 heavy (non-hydrogen) atoms. The SMILES string of the molecule is Fc1cc(C2CCC(C3OCCCO3)CC2)ccc1OC(F)(F)F. The van der Waals surface area contributed by atoms with Crippen LogP contribution < -0.4 is 4.74 Å². The van der Waals surface area contributed by atoms with Crippen LogP contribution in [-0.4, -0.2) is 25.9 Å². The van der Waals surface area contributed by atoms with E-state index < -0.39 is 17.9 Å². The summed E-state index contributed by atoms with van der Waals surface area (Å²) in [4.78, 5) is 0. The Morgan fingerprint density at radius 1 is 1.00 bits per heavy atom. The molecule has 0 radical (unpaired) electrons. The predicted octanol–water partition coefficient (Wildman–Crippen LogP) is 4.76. The summed E-state index contributed by atoms with van der Waals surface area (Å²) < 4.78 is 65.3. The number of hydrogen-bond acceptors (Lipinski definition) is 3. The van der Waals surface area contributed by atoms with E-state index in [2.05, 4.69) is 4.74 Å². The first-order valence-electron chi connectivity index (χ1n) is 8.21. The molecule has 7 heteroatoms. The van der Waals surface area contributed by atoms with Crippen LogP contribution in [0.5, 0.6) is 5.75 Å². The number of halogens is 4. The summed E-state index contributed by atoms with van der Waals surface area (Å²) in [5.74, 6) is -1.30. The number of ether oxygens (including phenoxy) is 3. The molecule has 0 bridgehead atoms. The van der Waals surface area contributed by atoms with Crippen LogP contribution in [0.15, 0.2) is 18.2 Å². The minimum absolute atomic E-state index is 0.138. The molecule has 1 saturated heterocycles. The predicted molar refractivity (Wildman–Crippen MR) is 78.1 cm³/mol. The maximum atomic E-state index is 13.8. The largest absolute Gasteiger partial charge is 0.573 e. The minimum Gasteiger partial charge on any atom is -0.403 e. The molecule has 1 aliphatic heterocycles. The molecule has 3 rings (SSSR count). The minimum atomic E-state index is -4.89. The van der Waals surface area contributed by atoms with E-state index >= 15 is 0 Å². The van der Waals surface area contributed by atoms with Crippen LogP contribution in [-0.2, 0) is 9.47 Å². The Bertz CT molecular complexity index is 547. The number of alkyl halides is 3. The van der Waals surface area contributed by atoms with E-state index in [0.717, 1.165) is 57.5 Å². The maximum Gasteiger partial charge on any atom is 0.573 e. The highest BCUT2D eigenvalue weighted by Gasteiger charge is 2.33. The van der Waals surface area contributed by atoms with Crippen molar-refractivity contribution in [2.24, 2.45) is 5.92 Å². The first-order chi connectivity index (χ1) is 11.4. The summed E-state index contributed by atoms with van der Waals surface area (Å²) in [5, 5.41) is 0. The molecule has 0 N–H and O–H groups in total. The number of rotatable bonds is 3. The Hall–Kier alpha value is -1.34. The molecular weight excluding hydrogens is 328 g/mol. The molecule has 0 aromatic heterocycles. The van der Waals surface area contributed by atoms with Gasteiger partial charge in [-0.2, -0.15) is 0 Å². The lowest BCUT2D eigenvalue weighted by Gasteiger charge is -2.35. The standard InChI is InChI=1S/C17H20F4O3/c18-14-10-13(6-7-15(14)24-17(19,20)21)11-2-4-12(5-3-11)16-22-8-1-9-23-16/h6-7,10-12,16H,1-5,8-9H2. The van der Waals surface area contributed by atoms with Crippen LogP contribution in [0, 0.1) is 11.7 Å². The second-order valence-corrected chi connectivity index (χ2v) is 6.31. The van der Waals surface area contributed by atoms with Crippen molar-refractivity contribution in [2.45, 2.75) is 50.7 Å². The third kappa shape index (κ3) is 4.39. The highest BCUT2D eigenvalue weighted by atomic mass is 19.4.